The highest BCUT2D eigenvalue weighted by Gasteiger charge is 2.36. The zero-order valence-corrected chi connectivity index (χ0v) is 10.4. The van der Waals surface area contributed by atoms with Crippen molar-refractivity contribution < 1.29 is 9.84 Å². The topological polar surface area (TPSA) is 35.9 Å². The van der Waals surface area contributed by atoms with Crippen LogP contribution in [-0.4, -0.2) is 73.5 Å². The van der Waals surface area contributed by atoms with E-state index >= 15 is 0 Å². The molecule has 0 spiro atoms. The lowest BCUT2D eigenvalue weighted by Crippen LogP contribution is -2.53. The molecule has 2 aliphatic rings. The highest BCUT2D eigenvalue weighted by Crippen LogP contribution is 2.25. The van der Waals surface area contributed by atoms with Crippen molar-refractivity contribution in [3.8, 4) is 0 Å². The van der Waals surface area contributed by atoms with Crippen LogP contribution in [0.5, 0.6) is 0 Å². The van der Waals surface area contributed by atoms with E-state index < -0.39 is 0 Å². The highest BCUT2D eigenvalue weighted by atomic mass is 16.5. The first-order valence-electron chi connectivity index (χ1n) is 6.35. The van der Waals surface area contributed by atoms with Crippen LogP contribution in [0, 0.1) is 0 Å². The minimum atomic E-state index is -0.198. The Balaban J connectivity index is 1.95. The van der Waals surface area contributed by atoms with Crippen molar-refractivity contribution in [3.05, 3.63) is 0 Å². The highest BCUT2D eigenvalue weighted by molar-refractivity contribution is 4.90. The standard InChI is InChI=1S/C12H24N2O2/c1-13(2)8-10-4-3-6-14(10)11-9-16-7-5-12(11)15/h10-12,15H,3-9H2,1-2H3. The predicted molar refractivity (Wildman–Crippen MR) is 63.5 cm³/mol. The van der Waals surface area contributed by atoms with E-state index in [0.29, 0.717) is 19.3 Å². The molecule has 2 fully saturated rings. The molecule has 4 nitrogen and oxygen atoms in total. The van der Waals surface area contributed by atoms with Gasteiger partial charge in [-0.25, -0.2) is 0 Å². The SMILES string of the molecule is CN(C)CC1CCCN1C1COCCC1O. The molecule has 0 aliphatic carbocycles. The number of nitrogens with zero attached hydrogens (tertiary/aromatic N) is 2. The van der Waals surface area contributed by atoms with E-state index in [1.165, 1.54) is 12.8 Å². The molecule has 4 heteroatoms. The molecule has 3 unspecified atom stereocenters. The monoisotopic (exact) mass is 228 g/mol. The summed E-state index contributed by atoms with van der Waals surface area (Å²) in [4.78, 5) is 4.70. The molecule has 2 rings (SSSR count). The second kappa shape index (κ2) is 5.45. The molecule has 0 radical (unpaired) electrons. The average Bonchev–Trinajstić information content (AvgIpc) is 2.66. The second-order valence-corrected chi connectivity index (χ2v) is 5.29. The Hall–Kier alpha value is -0.160. The van der Waals surface area contributed by atoms with E-state index in [-0.39, 0.29) is 12.1 Å². The lowest BCUT2D eigenvalue weighted by atomic mass is 10.0. The van der Waals surface area contributed by atoms with Gasteiger partial charge in [-0.1, -0.05) is 0 Å². The molecule has 0 saturated carbocycles. The first kappa shape index (κ1) is 12.3. The van der Waals surface area contributed by atoms with Crippen LogP contribution in [0.2, 0.25) is 0 Å². The number of rotatable bonds is 3. The molecule has 2 aliphatic heterocycles. The Morgan fingerprint density at radius 2 is 2.19 bits per heavy atom. The van der Waals surface area contributed by atoms with Crippen LogP contribution >= 0.6 is 0 Å². The summed E-state index contributed by atoms with van der Waals surface area (Å²) in [5.41, 5.74) is 0. The van der Waals surface area contributed by atoms with Gasteiger partial charge >= 0.3 is 0 Å². The Kier molecular flexibility index (Phi) is 4.19. The van der Waals surface area contributed by atoms with Gasteiger partial charge in [0.05, 0.1) is 18.8 Å². The summed E-state index contributed by atoms with van der Waals surface area (Å²) in [5, 5.41) is 10.0. The fourth-order valence-electron chi connectivity index (χ4n) is 2.94. The number of hydrogen-bond donors (Lipinski definition) is 1. The molecule has 1 N–H and O–H groups in total. The Morgan fingerprint density at radius 1 is 1.38 bits per heavy atom. The minimum Gasteiger partial charge on any atom is -0.391 e. The molecule has 0 bridgehead atoms. The van der Waals surface area contributed by atoms with Gasteiger partial charge in [-0.2, -0.15) is 0 Å². The smallest absolute Gasteiger partial charge is 0.0739 e. The molecule has 3 atom stereocenters. The van der Waals surface area contributed by atoms with E-state index in [4.69, 9.17) is 4.74 Å². The Bertz CT molecular complexity index is 223. The van der Waals surface area contributed by atoms with Crippen molar-refractivity contribution in [3.63, 3.8) is 0 Å². The fraction of sp³-hybridized carbons (Fsp3) is 1.00. The summed E-state index contributed by atoms with van der Waals surface area (Å²) in [6, 6.07) is 0.817. The van der Waals surface area contributed by atoms with Gasteiger partial charge in [0.1, 0.15) is 0 Å². The quantitative estimate of drug-likeness (QED) is 0.746. The van der Waals surface area contributed by atoms with Crippen molar-refractivity contribution in [1.29, 1.82) is 0 Å². The lowest BCUT2D eigenvalue weighted by Gasteiger charge is -2.39. The van der Waals surface area contributed by atoms with Crippen molar-refractivity contribution in [2.24, 2.45) is 0 Å². The molecule has 94 valence electrons. The van der Waals surface area contributed by atoms with Gasteiger partial charge in [-0.3, -0.25) is 4.90 Å². The van der Waals surface area contributed by atoms with Crippen LogP contribution < -0.4 is 0 Å². The zero-order chi connectivity index (χ0) is 11.5. The van der Waals surface area contributed by atoms with Gasteiger partial charge in [-0.05, 0) is 39.9 Å². The van der Waals surface area contributed by atoms with Gasteiger partial charge < -0.3 is 14.7 Å². The van der Waals surface area contributed by atoms with E-state index in [9.17, 15) is 5.11 Å². The largest absolute Gasteiger partial charge is 0.391 e. The van der Waals surface area contributed by atoms with Gasteiger partial charge in [0.25, 0.3) is 0 Å². The van der Waals surface area contributed by atoms with Crippen molar-refractivity contribution >= 4 is 0 Å². The third-order valence-electron chi connectivity index (χ3n) is 3.72. The summed E-state index contributed by atoms with van der Waals surface area (Å²) in [5.74, 6) is 0. The predicted octanol–water partition coefficient (Wildman–Crippen LogP) is 0.162. The summed E-state index contributed by atoms with van der Waals surface area (Å²) in [7, 11) is 4.23. The van der Waals surface area contributed by atoms with Crippen LogP contribution in [0.15, 0.2) is 0 Å². The van der Waals surface area contributed by atoms with Gasteiger partial charge in [-0.15, -0.1) is 0 Å². The van der Waals surface area contributed by atoms with Crippen molar-refractivity contribution in [1.82, 2.24) is 9.80 Å². The molecular weight excluding hydrogens is 204 g/mol. The molecule has 0 aromatic rings. The number of ether oxygens (including phenoxy) is 1. The number of hydrogen-bond acceptors (Lipinski definition) is 4. The van der Waals surface area contributed by atoms with Crippen LogP contribution in [-0.2, 0) is 4.74 Å². The van der Waals surface area contributed by atoms with Crippen LogP contribution in [0.1, 0.15) is 19.3 Å². The third-order valence-corrected chi connectivity index (χ3v) is 3.72. The molecule has 0 aromatic heterocycles. The molecule has 0 amide bonds. The van der Waals surface area contributed by atoms with Gasteiger partial charge in [0.2, 0.25) is 0 Å². The van der Waals surface area contributed by atoms with Crippen molar-refractivity contribution in [2.75, 3.05) is 40.4 Å². The van der Waals surface area contributed by atoms with Crippen LogP contribution in [0.4, 0.5) is 0 Å². The van der Waals surface area contributed by atoms with E-state index in [1.54, 1.807) is 0 Å². The molecular formula is C12H24N2O2. The van der Waals surface area contributed by atoms with Gasteiger partial charge in [0, 0.05) is 19.2 Å². The minimum absolute atomic E-state index is 0.198. The second-order valence-electron chi connectivity index (χ2n) is 5.29. The number of aliphatic hydroxyl groups is 1. The van der Waals surface area contributed by atoms with E-state index in [1.807, 2.05) is 0 Å². The maximum Gasteiger partial charge on any atom is 0.0739 e. The maximum absolute atomic E-state index is 10.0. The third kappa shape index (κ3) is 2.74. The van der Waals surface area contributed by atoms with Crippen LogP contribution in [0.25, 0.3) is 0 Å². The molecule has 2 saturated heterocycles. The fourth-order valence-corrected chi connectivity index (χ4v) is 2.94. The zero-order valence-electron chi connectivity index (χ0n) is 10.4. The Morgan fingerprint density at radius 3 is 2.88 bits per heavy atom. The summed E-state index contributed by atoms with van der Waals surface area (Å²) < 4.78 is 5.50. The van der Waals surface area contributed by atoms with Crippen LogP contribution in [0.3, 0.4) is 0 Å². The summed E-state index contributed by atoms with van der Waals surface area (Å²) in [6.45, 7) is 3.61. The average molecular weight is 228 g/mol. The maximum atomic E-state index is 10.0. The molecule has 16 heavy (non-hydrogen) atoms. The first-order chi connectivity index (χ1) is 7.68. The number of aliphatic hydroxyl groups excluding tert-OH is 1. The molecule has 0 aromatic carbocycles. The van der Waals surface area contributed by atoms with E-state index in [0.717, 1.165) is 19.5 Å². The number of likely N-dealkylation sites (N-methyl/N-ethyl adjacent to an activating group) is 1. The molecule has 2 heterocycles. The van der Waals surface area contributed by atoms with Gasteiger partial charge in [0.15, 0.2) is 0 Å². The first-order valence-corrected chi connectivity index (χ1v) is 6.35. The number of likely N-dealkylation sites (tertiary alicyclic amines) is 1. The summed E-state index contributed by atoms with van der Waals surface area (Å²) >= 11 is 0. The lowest BCUT2D eigenvalue weighted by molar-refractivity contribution is -0.0665. The summed E-state index contributed by atoms with van der Waals surface area (Å²) in [6.07, 6.45) is 3.09. The van der Waals surface area contributed by atoms with Crippen molar-refractivity contribution in [2.45, 2.75) is 37.5 Å². The normalized spacial score (nSPS) is 37.1. The van der Waals surface area contributed by atoms with E-state index in [2.05, 4.69) is 23.9 Å². The Labute approximate surface area is 98.2 Å².